The van der Waals surface area contributed by atoms with E-state index in [9.17, 15) is 31.5 Å². The highest BCUT2D eigenvalue weighted by atomic mass is 19.4. The maximum absolute atomic E-state index is 13.7. The molecule has 1 heterocycles. The lowest BCUT2D eigenvalue weighted by molar-refractivity contribution is -0.161. The fourth-order valence-corrected chi connectivity index (χ4v) is 2.99. The summed E-state index contributed by atoms with van der Waals surface area (Å²) in [6, 6.07) is 0.209. The molecule has 0 bridgehead atoms. The summed E-state index contributed by atoms with van der Waals surface area (Å²) in [5.74, 6) is -2.96. The summed E-state index contributed by atoms with van der Waals surface area (Å²) in [7, 11) is 0. The predicted octanol–water partition coefficient (Wildman–Crippen LogP) is 1.89. The fraction of sp³-hybridized carbons (Fsp3) is 0.529. The lowest BCUT2D eigenvalue weighted by Gasteiger charge is -2.30. The van der Waals surface area contributed by atoms with Crippen molar-refractivity contribution in [1.29, 1.82) is 0 Å². The van der Waals surface area contributed by atoms with Gasteiger partial charge in [0.1, 0.15) is 17.7 Å². The third-order valence-corrected chi connectivity index (χ3v) is 4.23. The summed E-state index contributed by atoms with van der Waals surface area (Å²) in [5, 5.41) is 2.35. The van der Waals surface area contributed by atoms with Crippen LogP contribution in [0.1, 0.15) is 24.8 Å². The number of halogens is 5. The number of amides is 2. The van der Waals surface area contributed by atoms with Gasteiger partial charge in [0.05, 0.1) is 6.42 Å². The minimum Gasteiger partial charge on any atom is -0.354 e. The Morgan fingerprint density at radius 3 is 2.70 bits per heavy atom. The van der Waals surface area contributed by atoms with Crippen molar-refractivity contribution >= 4 is 11.8 Å². The van der Waals surface area contributed by atoms with Crippen molar-refractivity contribution in [3.63, 3.8) is 0 Å². The smallest absolute Gasteiger partial charge is 0.354 e. The molecule has 5 nitrogen and oxygen atoms in total. The molecule has 0 radical (unpaired) electrons. The standard InChI is InChI=1S/C17H20F5N3O2/c18-11-2-3-13(19)10(6-11)7-12(23)8-15(26)25-5-1-4-24-16(27)14(25)9-17(20,21)22/h2-3,6,12,14H,1,4-5,7-9,23H2,(H,24,27)/t12-,14-/m1/s1. The molecule has 27 heavy (non-hydrogen) atoms. The highest BCUT2D eigenvalue weighted by Gasteiger charge is 2.41. The summed E-state index contributed by atoms with van der Waals surface area (Å²) in [5.41, 5.74) is 5.79. The Balaban J connectivity index is 2.08. The molecule has 1 aliphatic heterocycles. The van der Waals surface area contributed by atoms with Crippen LogP contribution in [-0.4, -0.2) is 48.1 Å². The van der Waals surface area contributed by atoms with E-state index in [-0.39, 0.29) is 25.1 Å². The third kappa shape index (κ3) is 6.16. The molecule has 10 heteroatoms. The lowest BCUT2D eigenvalue weighted by atomic mass is 10.0. The largest absolute Gasteiger partial charge is 0.391 e. The fourth-order valence-electron chi connectivity index (χ4n) is 2.99. The van der Waals surface area contributed by atoms with E-state index in [2.05, 4.69) is 5.32 Å². The van der Waals surface area contributed by atoms with Gasteiger partial charge in [0, 0.05) is 25.6 Å². The quantitative estimate of drug-likeness (QED) is 0.751. The van der Waals surface area contributed by atoms with Crippen LogP contribution in [0.15, 0.2) is 18.2 Å². The van der Waals surface area contributed by atoms with E-state index in [1.807, 2.05) is 0 Å². The number of benzene rings is 1. The van der Waals surface area contributed by atoms with Crippen molar-refractivity contribution in [2.24, 2.45) is 5.73 Å². The maximum atomic E-state index is 13.7. The van der Waals surface area contributed by atoms with Gasteiger partial charge in [-0.05, 0) is 36.6 Å². The van der Waals surface area contributed by atoms with Crippen LogP contribution in [0.25, 0.3) is 0 Å². The number of nitrogens with one attached hydrogen (secondary N) is 1. The summed E-state index contributed by atoms with van der Waals surface area (Å²) < 4.78 is 65.3. The number of carbonyl (C=O) groups excluding carboxylic acids is 2. The Hall–Kier alpha value is -2.23. The van der Waals surface area contributed by atoms with Gasteiger partial charge in [-0.3, -0.25) is 9.59 Å². The summed E-state index contributed by atoms with van der Waals surface area (Å²) >= 11 is 0. The Kier molecular flexibility index (Phi) is 6.74. The van der Waals surface area contributed by atoms with Crippen LogP contribution >= 0.6 is 0 Å². The Bertz CT molecular complexity index is 696. The van der Waals surface area contributed by atoms with E-state index < -0.39 is 54.6 Å². The van der Waals surface area contributed by atoms with Gasteiger partial charge in [-0.2, -0.15) is 13.2 Å². The molecule has 1 saturated heterocycles. The van der Waals surface area contributed by atoms with E-state index in [1.54, 1.807) is 0 Å². The van der Waals surface area contributed by atoms with Gasteiger partial charge in [-0.1, -0.05) is 0 Å². The van der Waals surface area contributed by atoms with E-state index in [0.717, 1.165) is 23.1 Å². The maximum Gasteiger partial charge on any atom is 0.391 e. The van der Waals surface area contributed by atoms with Crippen LogP contribution in [0, 0.1) is 11.6 Å². The van der Waals surface area contributed by atoms with E-state index in [4.69, 9.17) is 5.73 Å². The molecule has 1 aromatic carbocycles. The number of hydrogen-bond donors (Lipinski definition) is 2. The van der Waals surface area contributed by atoms with Crippen molar-refractivity contribution in [1.82, 2.24) is 10.2 Å². The monoisotopic (exact) mass is 393 g/mol. The molecular weight excluding hydrogens is 373 g/mol. The molecule has 0 aromatic heterocycles. The summed E-state index contributed by atoms with van der Waals surface area (Å²) in [4.78, 5) is 25.3. The molecular formula is C17H20F5N3O2. The van der Waals surface area contributed by atoms with E-state index in [0.29, 0.717) is 6.42 Å². The first-order valence-electron chi connectivity index (χ1n) is 8.40. The second kappa shape index (κ2) is 8.64. The molecule has 3 N–H and O–H groups in total. The van der Waals surface area contributed by atoms with Crippen molar-refractivity contribution < 1.29 is 31.5 Å². The van der Waals surface area contributed by atoms with Gasteiger partial charge in [-0.25, -0.2) is 8.78 Å². The molecule has 0 aliphatic carbocycles. The molecule has 0 spiro atoms. The number of nitrogens with zero attached hydrogens (tertiary/aromatic N) is 1. The molecule has 0 saturated carbocycles. The zero-order valence-corrected chi connectivity index (χ0v) is 14.4. The number of alkyl halides is 3. The molecule has 1 aromatic rings. The van der Waals surface area contributed by atoms with Crippen molar-refractivity contribution in [2.45, 2.75) is 43.9 Å². The van der Waals surface area contributed by atoms with Gasteiger partial charge >= 0.3 is 6.18 Å². The van der Waals surface area contributed by atoms with Crippen LogP contribution < -0.4 is 11.1 Å². The number of carbonyl (C=O) groups is 2. The minimum absolute atomic E-state index is 0.0284. The number of hydrogen-bond acceptors (Lipinski definition) is 3. The number of nitrogens with two attached hydrogens (primary N) is 1. The molecule has 1 aliphatic rings. The second-order valence-corrected chi connectivity index (χ2v) is 6.47. The van der Waals surface area contributed by atoms with Crippen molar-refractivity contribution in [3.8, 4) is 0 Å². The van der Waals surface area contributed by atoms with Crippen LogP contribution in [0.4, 0.5) is 22.0 Å². The average Bonchev–Trinajstić information content (AvgIpc) is 2.72. The summed E-state index contributed by atoms with van der Waals surface area (Å²) in [6.07, 6.45) is -6.34. The highest BCUT2D eigenvalue weighted by molar-refractivity contribution is 5.88. The molecule has 1 fully saturated rings. The highest BCUT2D eigenvalue weighted by Crippen LogP contribution is 2.26. The third-order valence-electron chi connectivity index (χ3n) is 4.23. The first-order valence-corrected chi connectivity index (χ1v) is 8.40. The molecule has 0 unspecified atom stereocenters. The van der Waals surface area contributed by atoms with Crippen LogP contribution in [0.3, 0.4) is 0 Å². The van der Waals surface area contributed by atoms with Gasteiger partial charge < -0.3 is 16.0 Å². The SMILES string of the molecule is N[C@@H](CC(=O)N1CCCNC(=O)[C@H]1CC(F)(F)F)Cc1cc(F)ccc1F. The van der Waals surface area contributed by atoms with E-state index >= 15 is 0 Å². The molecule has 2 amide bonds. The Labute approximate surface area is 152 Å². The normalized spacial score (nSPS) is 19.4. The summed E-state index contributed by atoms with van der Waals surface area (Å²) in [6.45, 7) is 0.136. The van der Waals surface area contributed by atoms with Gasteiger partial charge in [0.15, 0.2) is 0 Å². The van der Waals surface area contributed by atoms with Crippen molar-refractivity contribution in [2.75, 3.05) is 13.1 Å². The topological polar surface area (TPSA) is 75.4 Å². The lowest BCUT2D eigenvalue weighted by Crippen LogP contribution is -2.50. The van der Waals surface area contributed by atoms with Crippen LogP contribution in [0.5, 0.6) is 0 Å². The molecule has 2 atom stereocenters. The first-order chi connectivity index (χ1) is 12.6. The first kappa shape index (κ1) is 21.1. The average molecular weight is 393 g/mol. The minimum atomic E-state index is -4.63. The van der Waals surface area contributed by atoms with Crippen LogP contribution in [-0.2, 0) is 16.0 Å². The van der Waals surface area contributed by atoms with Crippen molar-refractivity contribution in [3.05, 3.63) is 35.4 Å². The molecule has 2 rings (SSSR count). The zero-order valence-electron chi connectivity index (χ0n) is 14.4. The Morgan fingerprint density at radius 1 is 1.33 bits per heavy atom. The molecule has 150 valence electrons. The van der Waals surface area contributed by atoms with E-state index in [1.165, 1.54) is 0 Å². The van der Waals surface area contributed by atoms with Gasteiger partial charge in [0.25, 0.3) is 0 Å². The Morgan fingerprint density at radius 2 is 2.04 bits per heavy atom. The van der Waals surface area contributed by atoms with Gasteiger partial charge in [0.2, 0.25) is 11.8 Å². The predicted molar refractivity (Wildman–Crippen MR) is 86.5 cm³/mol. The van der Waals surface area contributed by atoms with Gasteiger partial charge in [-0.15, -0.1) is 0 Å². The zero-order chi connectivity index (χ0) is 20.2. The number of rotatable bonds is 5. The van der Waals surface area contributed by atoms with Crippen LogP contribution in [0.2, 0.25) is 0 Å². The second-order valence-electron chi connectivity index (χ2n) is 6.47.